The van der Waals surface area contributed by atoms with Crippen LogP contribution in [-0.4, -0.2) is 23.3 Å². The molecule has 0 spiro atoms. The molecular weight excluding hydrogens is 314 g/mol. The molecule has 0 radical (unpaired) electrons. The largest absolute Gasteiger partial charge is 0.348 e. The van der Waals surface area contributed by atoms with Gasteiger partial charge in [0.1, 0.15) is 0 Å². The molecule has 4 bridgehead atoms. The van der Waals surface area contributed by atoms with E-state index in [1.807, 2.05) is 19.1 Å². The molecule has 5 heteroatoms. The lowest BCUT2D eigenvalue weighted by molar-refractivity contribution is -0.147. The lowest BCUT2D eigenvalue weighted by Gasteiger charge is -2.55. The second kappa shape index (κ2) is 6.43. The summed E-state index contributed by atoms with van der Waals surface area (Å²) in [6, 6.07) is 3.68. The van der Waals surface area contributed by atoms with Crippen molar-refractivity contribution in [3.63, 3.8) is 0 Å². The molecule has 2 amide bonds. The summed E-state index contributed by atoms with van der Waals surface area (Å²) >= 11 is 0. The molecule has 1 unspecified atom stereocenters. The van der Waals surface area contributed by atoms with Gasteiger partial charge in [-0.15, -0.1) is 0 Å². The van der Waals surface area contributed by atoms with E-state index in [0.29, 0.717) is 0 Å². The SMILES string of the molecule is CC(NC(=O)CNC(=O)C12CC3CC(CC(C3)C1)C2)c1cccnc1. The Bertz CT molecular complexity index is 623. The third kappa shape index (κ3) is 3.29. The smallest absolute Gasteiger partial charge is 0.239 e. The van der Waals surface area contributed by atoms with Crippen molar-refractivity contribution in [1.82, 2.24) is 15.6 Å². The van der Waals surface area contributed by atoms with E-state index >= 15 is 0 Å². The zero-order chi connectivity index (χ0) is 17.4. The summed E-state index contributed by atoms with van der Waals surface area (Å²) in [6.07, 6.45) is 10.5. The highest BCUT2D eigenvalue weighted by atomic mass is 16.2. The van der Waals surface area contributed by atoms with Crippen molar-refractivity contribution >= 4 is 11.8 Å². The molecular formula is C20H27N3O2. The second-order valence-corrected chi connectivity index (χ2v) is 8.46. The van der Waals surface area contributed by atoms with Crippen molar-refractivity contribution in [2.75, 3.05) is 6.54 Å². The van der Waals surface area contributed by atoms with E-state index < -0.39 is 0 Å². The van der Waals surface area contributed by atoms with E-state index in [0.717, 1.165) is 42.6 Å². The molecule has 25 heavy (non-hydrogen) atoms. The van der Waals surface area contributed by atoms with Crippen molar-refractivity contribution < 1.29 is 9.59 Å². The van der Waals surface area contributed by atoms with Crippen LogP contribution in [0.1, 0.15) is 57.1 Å². The lowest BCUT2D eigenvalue weighted by atomic mass is 9.49. The van der Waals surface area contributed by atoms with Crippen LogP contribution in [-0.2, 0) is 9.59 Å². The van der Waals surface area contributed by atoms with Gasteiger partial charge in [0.25, 0.3) is 0 Å². The summed E-state index contributed by atoms with van der Waals surface area (Å²) in [7, 11) is 0. The van der Waals surface area contributed by atoms with Crippen LogP contribution in [0.25, 0.3) is 0 Å². The Kier molecular flexibility index (Phi) is 4.26. The fourth-order valence-corrected chi connectivity index (χ4v) is 5.74. The molecule has 1 aromatic heterocycles. The van der Waals surface area contributed by atoms with Crippen molar-refractivity contribution in [3.8, 4) is 0 Å². The molecule has 1 heterocycles. The lowest BCUT2D eigenvalue weighted by Crippen LogP contribution is -2.54. The van der Waals surface area contributed by atoms with E-state index in [1.54, 1.807) is 12.4 Å². The zero-order valence-corrected chi connectivity index (χ0v) is 14.8. The maximum atomic E-state index is 12.9. The number of nitrogens with zero attached hydrogens (tertiary/aromatic N) is 1. The van der Waals surface area contributed by atoms with Gasteiger partial charge in [0, 0.05) is 17.8 Å². The molecule has 2 N–H and O–H groups in total. The van der Waals surface area contributed by atoms with Gasteiger partial charge in [0.2, 0.25) is 11.8 Å². The maximum absolute atomic E-state index is 12.9. The highest BCUT2D eigenvalue weighted by Gasteiger charge is 2.54. The van der Waals surface area contributed by atoms with Crippen molar-refractivity contribution in [2.45, 2.75) is 51.5 Å². The molecule has 4 aliphatic rings. The molecule has 0 aromatic carbocycles. The average molecular weight is 341 g/mol. The highest BCUT2D eigenvalue weighted by molar-refractivity contribution is 5.88. The first kappa shape index (κ1) is 16.6. The van der Waals surface area contributed by atoms with Gasteiger partial charge < -0.3 is 10.6 Å². The fourth-order valence-electron chi connectivity index (χ4n) is 5.74. The van der Waals surface area contributed by atoms with Crippen LogP contribution in [0.5, 0.6) is 0 Å². The number of carbonyl (C=O) groups is 2. The summed E-state index contributed by atoms with van der Waals surface area (Å²) in [4.78, 5) is 29.1. The van der Waals surface area contributed by atoms with Crippen molar-refractivity contribution in [2.24, 2.45) is 23.2 Å². The predicted molar refractivity (Wildman–Crippen MR) is 94.4 cm³/mol. The molecule has 134 valence electrons. The molecule has 5 nitrogen and oxygen atoms in total. The van der Waals surface area contributed by atoms with Crippen molar-refractivity contribution in [3.05, 3.63) is 30.1 Å². The van der Waals surface area contributed by atoms with Gasteiger partial charge >= 0.3 is 0 Å². The Morgan fingerprint density at radius 1 is 1.20 bits per heavy atom. The summed E-state index contributed by atoms with van der Waals surface area (Å²) in [5.74, 6) is 2.16. The molecule has 5 rings (SSSR count). The third-order valence-corrected chi connectivity index (χ3v) is 6.49. The van der Waals surface area contributed by atoms with Gasteiger partial charge in [-0.1, -0.05) is 6.07 Å². The number of rotatable bonds is 5. The standard InChI is InChI=1S/C20H27N3O2/c1-13(17-3-2-4-21-11-17)23-18(24)12-22-19(25)20-8-14-5-15(9-20)7-16(6-14)10-20/h2-4,11,13-16H,5-10,12H2,1H3,(H,22,25)(H,23,24). The number of carbonyl (C=O) groups excluding carboxylic acids is 2. The first-order valence-corrected chi connectivity index (χ1v) is 9.52. The van der Waals surface area contributed by atoms with Gasteiger partial charge in [-0.05, 0) is 74.8 Å². The zero-order valence-electron chi connectivity index (χ0n) is 14.8. The van der Waals surface area contributed by atoms with E-state index in [4.69, 9.17) is 0 Å². The number of amides is 2. The topological polar surface area (TPSA) is 71.1 Å². The molecule has 0 aliphatic heterocycles. The monoisotopic (exact) mass is 341 g/mol. The maximum Gasteiger partial charge on any atom is 0.239 e. The summed E-state index contributed by atoms with van der Waals surface area (Å²) < 4.78 is 0. The van der Waals surface area contributed by atoms with Crippen molar-refractivity contribution in [1.29, 1.82) is 0 Å². The predicted octanol–water partition coefficient (Wildman–Crippen LogP) is 2.59. The summed E-state index contributed by atoms with van der Waals surface area (Å²) in [6.45, 7) is 1.99. The Balaban J connectivity index is 1.31. The second-order valence-electron chi connectivity index (χ2n) is 8.46. The molecule has 4 fully saturated rings. The van der Waals surface area contributed by atoms with Crippen LogP contribution >= 0.6 is 0 Å². The molecule has 4 aliphatic carbocycles. The minimum absolute atomic E-state index is 0.0607. The molecule has 1 aromatic rings. The van der Waals surface area contributed by atoms with Gasteiger partial charge in [-0.3, -0.25) is 14.6 Å². The number of aromatic nitrogens is 1. The van der Waals surface area contributed by atoms with E-state index in [2.05, 4.69) is 15.6 Å². The van der Waals surface area contributed by atoms with Crippen LogP contribution in [0.4, 0.5) is 0 Å². The van der Waals surface area contributed by atoms with Crippen LogP contribution < -0.4 is 10.6 Å². The fraction of sp³-hybridized carbons (Fsp3) is 0.650. The van der Waals surface area contributed by atoms with Crippen LogP contribution in [0, 0.1) is 23.2 Å². The van der Waals surface area contributed by atoms with Gasteiger partial charge in [-0.25, -0.2) is 0 Å². The highest BCUT2D eigenvalue weighted by Crippen LogP contribution is 2.60. The number of pyridine rings is 1. The molecule has 4 saturated carbocycles. The number of hydrogen-bond donors (Lipinski definition) is 2. The Morgan fingerprint density at radius 2 is 1.84 bits per heavy atom. The van der Waals surface area contributed by atoms with Gasteiger partial charge in [0.15, 0.2) is 0 Å². The number of hydrogen-bond acceptors (Lipinski definition) is 3. The summed E-state index contributed by atoms with van der Waals surface area (Å²) in [5.41, 5.74) is 0.771. The first-order valence-electron chi connectivity index (χ1n) is 9.52. The van der Waals surface area contributed by atoms with E-state index in [1.165, 1.54) is 19.3 Å². The molecule has 0 saturated heterocycles. The van der Waals surface area contributed by atoms with Crippen LogP contribution in [0.15, 0.2) is 24.5 Å². The Morgan fingerprint density at radius 3 is 2.40 bits per heavy atom. The minimum atomic E-state index is -0.190. The van der Waals surface area contributed by atoms with Gasteiger partial charge in [0.05, 0.1) is 12.6 Å². The first-order chi connectivity index (χ1) is 12.0. The van der Waals surface area contributed by atoms with E-state index in [9.17, 15) is 9.59 Å². The summed E-state index contributed by atoms with van der Waals surface area (Å²) in [5, 5.41) is 5.86. The normalized spacial score (nSPS) is 33.7. The van der Waals surface area contributed by atoms with Crippen LogP contribution in [0.2, 0.25) is 0 Å². The minimum Gasteiger partial charge on any atom is -0.348 e. The third-order valence-electron chi connectivity index (χ3n) is 6.49. The Hall–Kier alpha value is -1.91. The average Bonchev–Trinajstić information content (AvgIpc) is 2.59. The van der Waals surface area contributed by atoms with Crippen LogP contribution in [0.3, 0.4) is 0 Å². The van der Waals surface area contributed by atoms with E-state index in [-0.39, 0.29) is 29.8 Å². The quantitative estimate of drug-likeness (QED) is 0.865. The van der Waals surface area contributed by atoms with Gasteiger partial charge in [-0.2, -0.15) is 0 Å². The molecule has 1 atom stereocenters. The number of nitrogens with one attached hydrogen (secondary N) is 2. The Labute approximate surface area is 149 Å².